The third kappa shape index (κ3) is 2.89. The molecule has 2 N–H and O–H groups in total. The normalized spacial score (nSPS) is 10.8. The first kappa shape index (κ1) is 12.2. The highest BCUT2D eigenvalue weighted by Gasteiger charge is 2.11. The van der Waals surface area contributed by atoms with Crippen LogP contribution < -0.4 is 5.73 Å². The van der Waals surface area contributed by atoms with E-state index in [4.69, 9.17) is 10.3 Å². The molecule has 6 heteroatoms. The zero-order chi connectivity index (χ0) is 12.3. The smallest absolute Gasteiger partial charge is 0.227 e. The van der Waals surface area contributed by atoms with E-state index >= 15 is 0 Å². The molecule has 0 fully saturated rings. The number of benzene rings is 1. The Morgan fingerprint density at radius 3 is 2.94 bits per heavy atom. The second-order valence-electron chi connectivity index (χ2n) is 3.53. The summed E-state index contributed by atoms with van der Waals surface area (Å²) in [6.45, 7) is 0.581. The van der Waals surface area contributed by atoms with Crippen LogP contribution in [0, 0.1) is 5.82 Å². The minimum atomic E-state index is -0.313. The summed E-state index contributed by atoms with van der Waals surface area (Å²) in [4.78, 5) is 4.22. The van der Waals surface area contributed by atoms with Crippen molar-refractivity contribution in [2.24, 2.45) is 5.73 Å². The van der Waals surface area contributed by atoms with Gasteiger partial charge in [0.1, 0.15) is 5.82 Å². The van der Waals surface area contributed by atoms with Crippen molar-refractivity contribution in [3.63, 3.8) is 0 Å². The Bertz CT molecular complexity index is 515. The molecule has 0 radical (unpaired) electrons. The molecule has 1 heterocycles. The van der Waals surface area contributed by atoms with Crippen LogP contribution in [0.2, 0.25) is 0 Å². The minimum absolute atomic E-state index is 0.313. The largest absolute Gasteiger partial charge is 0.339 e. The lowest BCUT2D eigenvalue weighted by molar-refractivity contribution is 0.376. The quantitative estimate of drug-likeness (QED) is 0.942. The summed E-state index contributed by atoms with van der Waals surface area (Å²) in [6.07, 6.45) is 1.45. The van der Waals surface area contributed by atoms with E-state index in [0.717, 1.165) is 6.42 Å². The topological polar surface area (TPSA) is 64.9 Å². The molecule has 4 nitrogen and oxygen atoms in total. The number of nitrogens with zero attached hydrogens (tertiary/aromatic N) is 2. The van der Waals surface area contributed by atoms with Crippen molar-refractivity contribution in [2.45, 2.75) is 12.8 Å². The molecular weight excluding hydrogens is 289 g/mol. The molecule has 0 saturated carbocycles. The molecule has 0 saturated heterocycles. The van der Waals surface area contributed by atoms with Crippen LogP contribution in [0.3, 0.4) is 0 Å². The van der Waals surface area contributed by atoms with Crippen molar-refractivity contribution < 1.29 is 8.91 Å². The van der Waals surface area contributed by atoms with Crippen molar-refractivity contribution in [3.8, 4) is 11.4 Å². The van der Waals surface area contributed by atoms with E-state index in [2.05, 4.69) is 26.1 Å². The predicted molar refractivity (Wildman–Crippen MR) is 64.8 cm³/mol. The first-order valence-corrected chi connectivity index (χ1v) is 5.98. The molecular formula is C11H11BrFN3O. The molecule has 2 aromatic rings. The van der Waals surface area contributed by atoms with Gasteiger partial charge in [-0.3, -0.25) is 0 Å². The van der Waals surface area contributed by atoms with E-state index in [1.54, 1.807) is 6.07 Å². The molecule has 0 amide bonds. The van der Waals surface area contributed by atoms with Crippen LogP contribution in [-0.2, 0) is 6.42 Å². The average Bonchev–Trinajstić information content (AvgIpc) is 2.75. The van der Waals surface area contributed by atoms with Crippen LogP contribution in [0.25, 0.3) is 11.4 Å². The Kier molecular flexibility index (Phi) is 3.86. The van der Waals surface area contributed by atoms with Gasteiger partial charge < -0.3 is 10.3 Å². The second kappa shape index (κ2) is 5.37. The molecule has 0 bridgehead atoms. The fraction of sp³-hybridized carbons (Fsp3) is 0.273. The standard InChI is InChI=1S/C11H11BrFN3O/c12-9-6-7(13)3-4-8(9)11-15-10(17-16-11)2-1-5-14/h3-4,6H,1-2,5,14H2. The number of nitrogens with two attached hydrogens (primary N) is 1. The lowest BCUT2D eigenvalue weighted by Crippen LogP contribution is -2.00. The molecule has 90 valence electrons. The van der Waals surface area contributed by atoms with E-state index in [1.807, 2.05) is 0 Å². The summed E-state index contributed by atoms with van der Waals surface area (Å²) in [7, 11) is 0. The van der Waals surface area contributed by atoms with Crippen LogP contribution in [0.4, 0.5) is 4.39 Å². The van der Waals surface area contributed by atoms with Gasteiger partial charge in [-0.1, -0.05) is 5.16 Å². The van der Waals surface area contributed by atoms with Crippen molar-refractivity contribution in [2.75, 3.05) is 6.54 Å². The summed E-state index contributed by atoms with van der Waals surface area (Å²) in [5.41, 5.74) is 6.10. The van der Waals surface area contributed by atoms with Crippen molar-refractivity contribution in [1.29, 1.82) is 0 Å². The van der Waals surface area contributed by atoms with Gasteiger partial charge in [0.2, 0.25) is 11.7 Å². The van der Waals surface area contributed by atoms with E-state index in [0.29, 0.717) is 34.7 Å². The van der Waals surface area contributed by atoms with Gasteiger partial charge in [0.15, 0.2) is 0 Å². The molecule has 2 rings (SSSR count). The third-order valence-corrected chi connectivity index (χ3v) is 2.89. The van der Waals surface area contributed by atoms with Crippen LogP contribution >= 0.6 is 15.9 Å². The first-order valence-electron chi connectivity index (χ1n) is 5.19. The van der Waals surface area contributed by atoms with E-state index in [1.165, 1.54) is 12.1 Å². The zero-order valence-corrected chi connectivity index (χ0v) is 10.6. The summed E-state index contributed by atoms with van der Waals surface area (Å²) in [6, 6.07) is 4.33. The van der Waals surface area contributed by atoms with Crippen molar-refractivity contribution in [1.82, 2.24) is 10.1 Å². The summed E-state index contributed by atoms with van der Waals surface area (Å²) in [5.74, 6) is 0.679. The SMILES string of the molecule is NCCCc1nc(-c2ccc(F)cc2Br)no1. The molecule has 0 spiro atoms. The summed E-state index contributed by atoms with van der Waals surface area (Å²) in [5, 5.41) is 3.85. The average molecular weight is 300 g/mol. The molecule has 1 aromatic carbocycles. The van der Waals surface area contributed by atoms with Crippen LogP contribution in [0.15, 0.2) is 27.2 Å². The second-order valence-corrected chi connectivity index (χ2v) is 4.38. The maximum atomic E-state index is 12.9. The van der Waals surface area contributed by atoms with Gasteiger partial charge >= 0.3 is 0 Å². The molecule has 1 aromatic heterocycles. The van der Waals surface area contributed by atoms with Gasteiger partial charge in [0.25, 0.3) is 0 Å². The van der Waals surface area contributed by atoms with E-state index < -0.39 is 0 Å². The van der Waals surface area contributed by atoms with Gasteiger partial charge in [0.05, 0.1) is 0 Å². The minimum Gasteiger partial charge on any atom is -0.339 e. The predicted octanol–water partition coefficient (Wildman–Crippen LogP) is 2.53. The maximum absolute atomic E-state index is 12.9. The van der Waals surface area contributed by atoms with Gasteiger partial charge in [0, 0.05) is 16.5 Å². The van der Waals surface area contributed by atoms with Crippen LogP contribution in [0.5, 0.6) is 0 Å². The Morgan fingerprint density at radius 1 is 1.41 bits per heavy atom. The molecule has 0 aliphatic rings. The Hall–Kier alpha value is -1.27. The number of aryl methyl sites for hydroxylation is 1. The molecule has 0 unspecified atom stereocenters. The number of rotatable bonds is 4. The number of hydrogen-bond donors (Lipinski definition) is 1. The fourth-order valence-electron chi connectivity index (χ4n) is 1.39. The number of aromatic nitrogens is 2. The molecule has 17 heavy (non-hydrogen) atoms. The highest BCUT2D eigenvalue weighted by Crippen LogP contribution is 2.26. The van der Waals surface area contributed by atoms with Crippen LogP contribution in [0.1, 0.15) is 12.3 Å². The molecule has 0 aliphatic carbocycles. The Labute approximate surface area is 106 Å². The molecule has 0 atom stereocenters. The van der Waals surface area contributed by atoms with E-state index in [9.17, 15) is 4.39 Å². The highest BCUT2D eigenvalue weighted by molar-refractivity contribution is 9.10. The summed E-state index contributed by atoms with van der Waals surface area (Å²) >= 11 is 3.26. The third-order valence-electron chi connectivity index (χ3n) is 2.23. The fourth-order valence-corrected chi connectivity index (χ4v) is 1.92. The van der Waals surface area contributed by atoms with Crippen molar-refractivity contribution >= 4 is 15.9 Å². The van der Waals surface area contributed by atoms with Crippen molar-refractivity contribution in [3.05, 3.63) is 34.4 Å². The Balaban J connectivity index is 2.24. The lowest BCUT2D eigenvalue weighted by atomic mass is 10.2. The number of halogens is 2. The van der Waals surface area contributed by atoms with Crippen LogP contribution in [-0.4, -0.2) is 16.7 Å². The monoisotopic (exact) mass is 299 g/mol. The molecule has 0 aliphatic heterocycles. The van der Waals surface area contributed by atoms with Gasteiger partial charge in [-0.05, 0) is 47.1 Å². The lowest BCUT2D eigenvalue weighted by Gasteiger charge is -1.98. The first-order chi connectivity index (χ1) is 8.20. The summed E-state index contributed by atoms with van der Waals surface area (Å²) < 4.78 is 18.6. The highest BCUT2D eigenvalue weighted by atomic mass is 79.9. The number of hydrogen-bond acceptors (Lipinski definition) is 4. The zero-order valence-electron chi connectivity index (χ0n) is 8.99. The Morgan fingerprint density at radius 2 is 2.24 bits per heavy atom. The van der Waals surface area contributed by atoms with E-state index in [-0.39, 0.29) is 5.82 Å². The van der Waals surface area contributed by atoms with Gasteiger partial charge in [-0.2, -0.15) is 4.98 Å². The maximum Gasteiger partial charge on any atom is 0.227 e. The van der Waals surface area contributed by atoms with Gasteiger partial charge in [-0.25, -0.2) is 4.39 Å². The van der Waals surface area contributed by atoms with Gasteiger partial charge in [-0.15, -0.1) is 0 Å².